The third-order valence-electron chi connectivity index (χ3n) is 3.89. The van der Waals surface area contributed by atoms with E-state index < -0.39 is 15.8 Å². The first-order valence-corrected chi connectivity index (χ1v) is 8.34. The van der Waals surface area contributed by atoms with Gasteiger partial charge in [0.25, 0.3) is 0 Å². The van der Waals surface area contributed by atoms with E-state index in [4.69, 9.17) is 0 Å². The summed E-state index contributed by atoms with van der Waals surface area (Å²) in [6, 6.07) is 2.57. The molecule has 1 aliphatic rings. The second-order valence-corrected chi connectivity index (χ2v) is 8.35. The van der Waals surface area contributed by atoms with Crippen molar-refractivity contribution in [1.82, 2.24) is 4.31 Å². The standard InChI is InChI=1S/C15H22FNO2S/c1-11-8-13(16)9-12(2)14(11)20(18,19)17-7-5-6-15(3,4)10-17/h8-9H,5-7,10H2,1-4H3. The van der Waals surface area contributed by atoms with Gasteiger partial charge in [0.15, 0.2) is 0 Å². The van der Waals surface area contributed by atoms with E-state index in [1.54, 1.807) is 18.2 Å². The minimum Gasteiger partial charge on any atom is -0.207 e. The summed E-state index contributed by atoms with van der Waals surface area (Å²) in [5, 5.41) is 0. The highest BCUT2D eigenvalue weighted by Crippen LogP contribution is 2.33. The van der Waals surface area contributed by atoms with Crippen molar-refractivity contribution in [2.45, 2.75) is 45.4 Å². The van der Waals surface area contributed by atoms with Crippen LogP contribution in [0.3, 0.4) is 0 Å². The molecule has 0 aliphatic carbocycles. The quantitative estimate of drug-likeness (QED) is 0.840. The van der Waals surface area contributed by atoms with Crippen molar-refractivity contribution in [1.29, 1.82) is 0 Å². The molecule has 0 unspecified atom stereocenters. The zero-order valence-electron chi connectivity index (χ0n) is 12.5. The van der Waals surface area contributed by atoms with Gasteiger partial charge in [-0.2, -0.15) is 4.31 Å². The SMILES string of the molecule is Cc1cc(F)cc(C)c1S(=O)(=O)N1CCCC(C)(C)C1. The number of rotatable bonds is 2. The number of halogens is 1. The molecule has 0 amide bonds. The Labute approximate surface area is 120 Å². The van der Waals surface area contributed by atoms with Crippen LogP contribution in [-0.4, -0.2) is 25.8 Å². The molecule has 20 heavy (non-hydrogen) atoms. The minimum absolute atomic E-state index is 0.00679. The lowest BCUT2D eigenvalue weighted by molar-refractivity contribution is 0.187. The molecule has 3 nitrogen and oxygen atoms in total. The van der Waals surface area contributed by atoms with Crippen LogP contribution < -0.4 is 0 Å². The van der Waals surface area contributed by atoms with Crippen LogP contribution in [0.5, 0.6) is 0 Å². The third kappa shape index (κ3) is 2.88. The molecule has 0 saturated carbocycles. The van der Waals surface area contributed by atoms with Crippen LogP contribution in [0.4, 0.5) is 4.39 Å². The monoisotopic (exact) mass is 299 g/mol. The molecule has 0 bridgehead atoms. The zero-order valence-corrected chi connectivity index (χ0v) is 13.3. The van der Waals surface area contributed by atoms with Gasteiger partial charge in [-0.15, -0.1) is 0 Å². The molecule has 1 fully saturated rings. The maximum absolute atomic E-state index is 13.4. The van der Waals surface area contributed by atoms with Gasteiger partial charge in [0, 0.05) is 13.1 Å². The predicted octanol–water partition coefficient (Wildman–Crippen LogP) is 3.25. The van der Waals surface area contributed by atoms with Gasteiger partial charge in [-0.1, -0.05) is 13.8 Å². The van der Waals surface area contributed by atoms with Crippen molar-refractivity contribution in [3.8, 4) is 0 Å². The van der Waals surface area contributed by atoms with Crippen molar-refractivity contribution in [3.63, 3.8) is 0 Å². The van der Waals surface area contributed by atoms with Gasteiger partial charge in [0.1, 0.15) is 5.82 Å². The van der Waals surface area contributed by atoms with E-state index in [0.717, 1.165) is 12.8 Å². The Morgan fingerprint density at radius 1 is 1.20 bits per heavy atom. The lowest BCUT2D eigenvalue weighted by atomic mass is 9.85. The molecule has 1 saturated heterocycles. The van der Waals surface area contributed by atoms with Gasteiger partial charge in [0.05, 0.1) is 4.90 Å². The highest BCUT2D eigenvalue weighted by molar-refractivity contribution is 7.89. The molecule has 0 aromatic heterocycles. The molecular formula is C15H22FNO2S. The van der Waals surface area contributed by atoms with Crippen molar-refractivity contribution < 1.29 is 12.8 Å². The average molecular weight is 299 g/mol. The van der Waals surface area contributed by atoms with Crippen molar-refractivity contribution in [2.75, 3.05) is 13.1 Å². The highest BCUT2D eigenvalue weighted by Gasteiger charge is 2.35. The van der Waals surface area contributed by atoms with Crippen LogP contribution in [0, 0.1) is 25.1 Å². The van der Waals surface area contributed by atoms with Crippen molar-refractivity contribution in [2.24, 2.45) is 5.41 Å². The summed E-state index contributed by atoms with van der Waals surface area (Å²) in [4.78, 5) is 0.261. The molecule has 1 aromatic rings. The molecule has 5 heteroatoms. The summed E-state index contributed by atoms with van der Waals surface area (Å²) in [5.74, 6) is -0.391. The van der Waals surface area contributed by atoms with Crippen LogP contribution in [0.15, 0.2) is 17.0 Å². The van der Waals surface area contributed by atoms with E-state index in [1.807, 2.05) is 0 Å². The maximum Gasteiger partial charge on any atom is 0.243 e. The van der Waals surface area contributed by atoms with Gasteiger partial charge in [-0.3, -0.25) is 0 Å². The second-order valence-electron chi connectivity index (χ2n) is 6.48. The van der Waals surface area contributed by atoms with Crippen LogP contribution in [-0.2, 0) is 10.0 Å². The fourth-order valence-electron chi connectivity index (χ4n) is 3.01. The second kappa shape index (κ2) is 5.11. The lowest BCUT2D eigenvalue weighted by Gasteiger charge is -2.37. The molecule has 1 aliphatic heterocycles. The maximum atomic E-state index is 13.4. The summed E-state index contributed by atoms with van der Waals surface area (Å²) in [7, 11) is -3.54. The van der Waals surface area contributed by atoms with E-state index in [9.17, 15) is 12.8 Å². The Hall–Kier alpha value is -0.940. The van der Waals surface area contributed by atoms with Gasteiger partial charge in [-0.25, -0.2) is 12.8 Å². The molecular weight excluding hydrogens is 277 g/mol. The number of hydrogen-bond acceptors (Lipinski definition) is 2. The number of aryl methyl sites for hydroxylation is 2. The summed E-state index contributed by atoms with van der Waals surface area (Å²) >= 11 is 0. The van der Waals surface area contributed by atoms with Crippen molar-refractivity contribution in [3.05, 3.63) is 29.1 Å². The van der Waals surface area contributed by atoms with E-state index in [1.165, 1.54) is 12.1 Å². The van der Waals surface area contributed by atoms with E-state index in [0.29, 0.717) is 24.2 Å². The first kappa shape index (κ1) is 15.4. The lowest BCUT2D eigenvalue weighted by Crippen LogP contribution is -2.43. The van der Waals surface area contributed by atoms with Gasteiger partial charge >= 0.3 is 0 Å². The van der Waals surface area contributed by atoms with Crippen LogP contribution in [0.2, 0.25) is 0 Å². The zero-order chi connectivity index (χ0) is 15.1. The molecule has 112 valence electrons. The number of piperidine rings is 1. The number of nitrogens with zero attached hydrogens (tertiary/aromatic N) is 1. The average Bonchev–Trinajstić information content (AvgIpc) is 2.25. The Balaban J connectivity index is 2.46. The van der Waals surface area contributed by atoms with Crippen LogP contribution >= 0.6 is 0 Å². The summed E-state index contributed by atoms with van der Waals surface area (Å²) < 4.78 is 40.6. The topological polar surface area (TPSA) is 37.4 Å². The first-order valence-electron chi connectivity index (χ1n) is 6.90. The van der Waals surface area contributed by atoms with E-state index >= 15 is 0 Å². The van der Waals surface area contributed by atoms with E-state index in [-0.39, 0.29) is 10.3 Å². The van der Waals surface area contributed by atoms with E-state index in [2.05, 4.69) is 13.8 Å². The predicted molar refractivity (Wildman–Crippen MR) is 77.6 cm³/mol. The fourth-order valence-corrected chi connectivity index (χ4v) is 5.09. The fraction of sp³-hybridized carbons (Fsp3) is 0.600. The summed E-state index contributed by atoms with van der Waals surface area (Å²) in [5.41, 5.74) is 0.949. The van der Waals surface area contributed by atoms with Gasteiger partial charge in [0.2, 0.25) is 10.0 Å². The van der Waals surface area contributed by atoms with Crippen LogP contribution in [0.1, 0.15) is 37.8 Å². The molecule has 0 spiro atoms. The number of sulfonamides is 1. The van der Waals surface area contributed by atoms with Gasteiger partial charge < -0.3 is 0 Å². The Morgan fingerprint density at radius 3 is 2.25 bits per heavy atom. The Morgan fingerprint density at radius 2 is 1.75 bits per heavy atom. The number of hydrogen-bond donors (Lipinski definition) is 0. The molecule has 1 aromatic carbocycles. The van der Waals surface area contributed by atoms with Crippen LogP contribution in [0.25, 0.3) is 0 Å². The molecule has 0 N–H and O–H groups in total. The third-order valence-corrected chi connectivity index (χ3v) is 6.04. The smallest absolute Gasteiger partial charge is 0.207 e. The minimum atomic E-state index is -3.54. The Bertz CT molecular complexity index is 600. The highest BCUT2D eigenvalue weighted by atomic mass is 32.2. The largest absolute Gasteiger partial charge is 0.243 e. The molecule has 0 radical (unpaired) electrons. The molecule has 2 rings (SSSR count). The van der Waals surface area contributed by atoms with Gasteiger partial charge in [-0.05, 0) is 55.4 Å². The summed E-state index contributed by atoms with van der Waals surface area (Å²) in [6.45, 7) is 8.53. The van der Waals surface area contributed by atoms with Crippen molar-refractivity contribution >= 4 is 10.0 Å². The normalized spacial score (nSPS) is 20.1. The molecule has 0 atom stereocenters. The molecule has 1 heterocycles. The number of benzene rings is 1. The summed E-state index contributed by atoms with van der Waals surface area (Å²) in [6.07, 6.45) is 1.89. The first-order chi connectivity index (χ1) is 9.13. The Kier molecular flexibility index (Phi) is 3.95.